The normalized spacial score (nSPS) is 29.2. The Labute approximate surface area is 108 Å². The van der Waals surface area contributed by atoms with E-state index in [0.717, 1.165) is 32.4 Å². The minimum Gasteiger partial charge on any atom is -0.343 e. The van der Waals surface area contributed by atoms with Gasteiger partial charge in [0, 0.05) is 39.0 Å². The van der Waals surface area contributed by atoms with Gasteiger partial charge in [-0.3, -0.25) is 9.59 Å². The van der Waals surface area contributed by atoms with Crippen LogP contribution >= 0.6 is 0 Å². The molecule has 1 spiro atoms. The summed E-state index contributed by atoms with van der Waals surface area (Å²) in [4.78, 5) is 27.5. The van der Waals surface area contributed by atoms with Crippen molar-refractivity contribution in [2.45, 2.75) is 45.1 Å². The van der Waals surface area contributed by atoms with Gasteiger partial charge in [-0.05, 0) is 37.5 Å². The summed E-state index contributed by atoms with van der Waals surface area (Å²) in [5, 5.41) is 0. The molecular weight excluding hydrogens is 228 g/mol. The quantitative estimate of drug-likeness (QED) is 0.740. The second-order valence-electron chi connectivity index (χ2n) is 6.31. The molecule has 18 heavy (non-hydrogen) atoms. The standard InChI is InChI=1S/C14H22N2O2/c1-10(17)16-7-5-14(6-8-16)9-12(14)13(18)15(2)11-3-4-11/h11-12H,3-9H2,1-2H3. The van der Waals surface area contributed by atoms with Gasteiger partial charge in [0.05, 0.1) is 0 Å². The second kappa shape index (κ2) is 3.97. The fourth-order valence-electron chi connectivity index (χ4n) is 3.40. The Balaban J connectivity index is 1.57. The van der Waals surface area contributed by atoms with Crippen LogP contribution in [0.3, 0.4) is 0 Å². The van der Waals surface area contributed by atoms with Crippen molar-refractivity contribution >= 4 is 11.8 Å². The van der Waals surface area contributed by atoms with Gasteiger partial charge < -0.3 is 9.80 Å². The van der Waals surface area contributed by atoms with Crippen molar-refractivity contribution in [1.82, 2.24) is 9.80 Å². The van der Waals surface area contributed by atoms with Gasteiger partial charge in [0.2, 0.25) is 11.8 Å². The van der Waals surface area contributed by atoms with E-state index in [1.807, 2.05) is 16.8 Å². The molecule has 0 bridgehead atoms. The highest BCUT2D eigenvalue weighted by atomic mass is 16.2. The van der Waals surface area contributed by atoms with Crippen LogP contribution in [0.5, 0.6) is 0 Å². The Kier molecular flexibility index (Phi) is 2.65. The second-order valence-corrected chi connectivity index (χ2v) is 6.31. The highest BCUT2D eigenvalue weighted by molar-refractivity contribution is 5.83. The largest absolute Gasteiger partial charge is 0.343 e. The maximum absolute atomic E-state index is 12.3. The summed E-state index contributed by atoms with van der Waals surface area (Å²) in [6.07, 6.45) is 5.44. The molecule has 1 saturated heterocycles. The Morgan fingerprint density at radius 3 is 2.33 bits per heavy atom. The predicted molar refractivity (Wildman–Crippen MR) is 67.8 cm³/mol. The van der Waals surface area contributed by atoms with Gasteiger partial charge in [-0.25, -0.2) is 0 Å². The molecule has 1 atom stereocenters. The van der Waals surface area contributed by atoms with E-state index in [1.165, 1.54) is 12.8 Å². The molecule has 1 aliphatic heterocycles. The van der Waals surface area contributed by atoms with E-state index in [0.29, 0.717) is 11.9 Å². The van der Waals surface area contributed by atoms with E-state index < -0.39 is 0 Å². The zero-order valence-corrected chi connectivity index (χ0v) is 11.3. The fraction of sp³-hybridized carbons (Fsp3) is 0.857. The van der Waals surface area contributed by atoms with Crippen LogP contribution in [0.1, 0.15) is 39.0 Å². The minimum absolute atomic E-state index is 0.170. The summed E-state index contributed by atoms with van der Waals surface area (Å²) >= 11 is 0. The van der Waals surface area contributed by atoms with E-state index in [9.17, 15) is 9.59 Å². The summed E-state index contributed by atoms with van der Waals surface area (Å²) in [6, 6.07) is 0.521. The van der Waals surface area contributed by atoms with Gasteiger partial charge in [0.25, 0.3) is 0 Å². The molecule has 1 unspecified atom stereocenters. The van der Waals surface area contributed by atoms with Crippen molar-refractivity contribution in [2.75, 3.05) is 20.1 Å². The van der Waals surface area contributed by atoms with Gasteiger partial charge >= 0.3 is 0 Å². The number of rotatable bonds is 2. The summed E-state index contributed by atoms with van der Waals surface area (Å²) < 4.78 is 0. The Hall–Kier alpha value is -1.06. The van der Waals surface area contributed by atoms with E-state index in [2.05, 4.69) is 0 Å². The maximum Gasteiger partial charge on any atom is 0.226 e. The van der Waals surface area contributed by atoms with Crippen molar-refractivity contribution in [3.8, 4) is 0 Å². The summed E-state index contributed by atoms with van der Waals surface area (Å²) in [6.45, 7) is 3.31. The number of hydrogen-bond acceptors (Lipinski definition) is 2. The average molecular weight is 250 g/mol. The van der Waals surface area contributed by atoms with Gasteiger partial charge in [-0.1, -0.05) is 0 Å². The van der Waals surface area contributed by atoms with E-state index in [4.69, 9.17) is 0 Å². The van der Waals surface area contributed by atoms with Crippen molar-refractivity contribution in [3.63, 3.8) is 0 Å². The first-order valence-corrected chi connectivity index (χ1v) is 7.06. The molecular formula is C14H22N2O2. The van der Waals surface area contributed by atoms with Crippen molar-refractivity contribution in [2.24, 2.45) is 11.3 Å². The van der Waals surface area contributed by atoms with Gasteiger partial charge in [0.1, 0.15) is 0 Å². The lowest BCUT2D eigenvalue weighted by molar-refractivity contribution is -0.133. The number of carbonyl (C=O) groups is 2. The van der Waals surface area contributed by atoms with Crippen molar-refractivity contribution in [3.05, 3.63) is 0 Å². The lowest BCUT2D eigenvalue weighted by atomic mass is 9.90. The monoisotopic (exact) mass is 250 g/mol. The number of hydrogen-bond donors (Lipinski definition) is 0. The SMILES string of the molecule is CC(=O)N1CCC2(CC1)CC2C(=O)N(C)C1CC1. The number of nitrogens with zero attached hydrogens (tertiary/aromatic N) is 2. The zero-order valence-electron chi connectivity index (χ0n) is 11.3. The number of likely N-dealkylation sites (tertiary alicyclic amines) is 1. The Bertz CT molecular complexity index is 381. The predicted octanol–water partition coefficient (Wildman–Crippen LogP) is 1.26. The van der Waals surface area contributed by atoms with Crippen molar-refractivity contribution < 1.29 is 9.59 Å². The lowest BCUT2D eigenvalue weighted by Crippen LogP contribution is -2.40. The highest BCUT2D eigenvalue weighted by Crippen LogP contribution is 2.60. The Morgan fingerprint density at radius 2 is 1.83 bits per heavy atom. The molecule has 1 heterocycles. The third-order valence-electron chi connectivity index (χ3n) is 5.13. The summed E-state index contributed by atoms with van der Waals surface area (Å²) in [5.74, 6) is 0.773. The molecule has 3 rings (SSSR count). The summed E-state index contributed by atoms with van der Waals surface area (Å²) in [5.41, 5.74) is 0.242. The first kappa shape index (κ1) is 12.0. The topological polar surface area (TPSA) is 40.6 Å². The van der Waals surface area contributed by atoms with Gasteiger partial charge in [-0.2, -0.15) is 0 Å². The molecule has 0 N–H and O–H groups in total. The number of carbonyl (C=O) groups excluding carboxylic acids is 2. The van der Waals surface area contributed by atoms with Gasteiger partial charge in [-0.15, -0.1) is 0 Å². The Morgan fingerprint density at radius 1 is 1.22 bits per heavy atom. The molecule has 3 fully saturated rings. The first-order chi connectivity index (χ1) is 8.53. The van der Waals surface area contributed by atoms with E-state index in [-0.39, 0.29) is 17.2 Å². The van der Waals surface area contributed by atoms with Crippen LogP contribution in [0.25, 0.3) is 0 Å². The van der Waals surface area contributed by atoms with Crippen LogP contribution in [0.15, 0.2) is 0 Å². The maximum atomic E-state index is 12.3. The molecule has 100 valence electrons. The van der Waals surface area contributed by atoms with Crippen LogP contribution in [0.4, 0.5) is 0 Å². The molecule has 2 saturated carbocycles. The van der Waals surface area contributed by atoms with Crippen LogP contribution in [-0.2, 0) is 9.59 Å². The van der Waals surface area contributed by atoms with Crippen LogP contribution in [-0.4, -0.2) is 47.8 Å². The van der Waals surface area contributed by atoms with Gasteiger partial charge in [0.15, 0.2) is 0 Å². The molecule has 0 radical (unpaired) electrons. The molecule has 3 aliphatic rings. The van der Waals surface area contributed by atoms with Crippen molar-refractivity contribution in [1.29, 1.82) is 0 Å². The highest BCUT2D eigenvalue weighted by Gasteiger charge is 2.59. The molecule has 4 nitrogen and oxygen atoms in total. The third kappa shape index (κ3) is 1.91. The fourth-order valence-corrected chi connectivity index (χ4v) is 3.40. The van der Waals surface area contributed by atoms with Crippen LogP contribution in [0.2, 0.25) is 0 Å². The minimum atomic E-state index is 0.170. The number of amides is 2. The van der Waals surface area contributed by atoms with E-state index >= 15 is 0 Å². The lowest BCUT2D eigenvalue weighted by Gasteiger charge is -2.32. The molecule has 2 aliphatic carbocycles. The molecule has 4 heteroatoms. The smallest absolute Gasteiger partial charge is 0.226 e. The van der Waals surface area contributed by atoms with Crippen LogP contribution < -0.4 is 0 Å². The molecule has 0 aromatic heterocycles. The molecule has 0 aromatic rings. The van der Waals surface area contributed by atoms with E-state index in [1.54, 1.807) is 6.92 Å². The van der Waals surface area contributed by atoms with Crippen LogP contribution in [0, 0.1) is 11.3 Å². The third-order valence-corrected chi connectivity index (χ3v) is 5.13. The zero-order chi connectivity index (χ0) is 12.9. The first-order valence-electron chi connectivity index (χ1n) is 7.06. The number of piperidine rings is 1. The molecule has 0 aromatic carbocycles. The average Bonchev–Trinajstić information content (AvgIpc) is 3.23. The molecule has 2 amide bonds. The summed E-state index contributed by atoms with van der Waals surface area (Å²) in [7, 11) is 1.96.